The fourth-order valence-corrected chi connectivity index (χ4v) is 0. The van der Waals surface area contributed by atoms with E-state index in [1.807, 2.05) is 0 Å². The van der Waals surface area contributed by atoms with Crippen LogP contribution in [-0.4, -0.2) is 10.3 Å². The minimum absolute atomic E-state index is 0. The van der Waals surface area contributed by atoms with E-state index in [-0.39, 0.29) is 59.1 Å². The number of hydrogen-bond acceptors (Lipinski definition) is 2. The van der Waals surface area contributed by atoms with Gasteiger partial charge in [0.05, 0.1) is 0 Å². The molecule has 0 rings (SSSR count). The predicted molar refractivity (Wildman–Crippen MR) is 31.9 cm³/mol. The molecule has 0 aliphatic heterocycles. The van der Waals surface area contributed by atoms with Crippen molar-refractivity contribution in [1.82, 2.24) is 0 Å². The summed E-state index contributed by atoms with van der Waals surface area (Å²) in [5.41, 5.74) is 0. The minimum Gasteiger partial charge on any atom is -0.753 e. The summed E-state index contributed by atoms with van der Waals surface area (Å²) < 4.78 is 0. The van der Waals surface area contributed by atoms with Gasteiger partial charge in [-0.25, -0.2) is 0 Å². The molecule has 0 spiro atoms. The Balaban J connectivity index is -0.0000000160. The molecule has 0 bridgehead atoms. The third kappa shape index (κ3) is 129. The van der Waals surface area contributed by atoms with Crippen LogP contribution in [-0.2, 0) is 0 Å². The van der Waals surface area contributed by atoms with E-state index in [1.54, 1.807) is 0 Å². The molecule has 0 unspecified atom stereocenters. The van der Waals surface area contributed by atoms with Gasteiger partial charge in [0.2, 0.25) is 0 Å². The van der Waals surface area contributed by atoms with Crippen molar-refractivity contribution >= 4 is 34.8 Å². The quantitative estimate of drug-likeness (QED) is 0.204. The zero-order chi connectivity index (χ0) is 5.41. The van der Waals surface area contributed by atoms with Gasteiger partial charge in [0, 0.05) is 0 Å². The van der Waals surface area contributed by atoms with Crippen molar-refractivity contribution in [2.75, 3.05) is 0 Å². The standard InChI is InChI=1S/2CNS.2Na/c2*2-1-3;;/q2*-1;2*+1. The Hall–Kier alpha value is 1.60. The Kier molecular flexibility index (Phi) is 108. The van der Waals surface area contributed by atoms with Crippen molar-refractivity contribution in [3.8, 4) is 0 Å². The van der Waals surface area contributed by atoms with Gasteiger partial charge in [-0.15, -0.1) is 0 Å². The first-order chi connectivity index (χ1) is 2.83. The topological polar surface area (TPSA) is 44.6 Å². The third-order valence-corrected chi connectivity index (χ3v) is 0. The Morgan fingerprint density at radius 3 is 0.875 bits per heavy atom. The molecule has 2 nitrogen and oxygen atoms in total. The molecule has 0 aromatic carbocycles. The number of hydrogen-bond donors (Lipinski definition) is 0. The van der Waals surface area contributed by atoms with Gasteiger partial charge in [-0.3, -0.25) is 0 Å². The average molecular weight is 162 g/mol. The molecule has 0 atom stereocenters. The molecule has 32 valence electrons. The maximum absolute atomic E-state index is 7.13. The van der Waals surface area contributed by atoms with Crippen LogP contribution in [0.5, 0.6) is 0 Å². The van der Waals surface area contributed by atoms with E-state index in [1.165, 1.54) is 10.3 Å². The summed E-state index contributed by atoms with van der Waals surface area (Å²) >= 11 is 7.40. The van der Waals surface area contributed by atoms with Gasteiger partial charge in [-0.2, -0.15) is 10.3 Å². The molecule has 0 aliphatic carbocycles. The summed E-state index contributed by atoms with van der Waals surface area (Å²) in [4.78, 5) is 0. The normalized spacial score (nSPS) is 2.00. The molecule has 0 amide bonds. The molecule has 0 aliphatic rings. The molecule has 0 saturated carbocycles. The molecule has 0 aromatic heterocycles. The second-order valence-corrected chi connectivity index (χ2v) is 0.548. The van der Waals surface area contributed by atoms with Crippen LogP contribution in [0.1, 0.15) is 0 Å². The smallest absolute Gasteiger partial charge is 0.753 e. The number of isothiocyanates is 2. The molecular weight excluding hydrogens is 162 g/mol. The minimum atomic E-state index is 0. The molecule has 0 N–H and O–H groups in total. The molecule has 6 heteroatoms. The largest absolute Gasteiger partial charge is 1.00 e. The third-order valence-electron chi connectivity index (χ3n) is 0. The van der Waals surface area contributed by atoms with Gasteiger partial charge in [-0.05, 0) is 0 Å². The van der Waals surface area contributed by atoms with Crippen LogP contribution in [0.4, 0.5) is 0 Å². The first kappa shape index (κ1) is 22.6. The van der Waals surface area contributed by atoms with Crippen LogP contribution < -0.4 is 59.1 Å². The van der Waals surface area contributed by atoms with Gasteiger partial charge in [0.15, 0.2) is 0 Å². The number of rotatable bonds is 0. The Bertz CT molecular complexity index is 70.0. The van der Waals surface area contributed by atoms with Crippen molar-refractivity contribution in [2.45, 2.75) is 0 Å². The maximum Gasteiger partial charge on any atom is 1.00 e. The first-order valence-electron chi connectivity index (χ1n) is 0.855. The summed E-state index contributed by atoms with van der Waals surface area (Å²) in [6, 6.07) is 0. The van der Waals surface area contributed by atoms with Crippen molar-refractivity contribution < 1.29 is 59.1 Å². The van der Waals surface area contributed by atoms with Crippen molar-refractivity contribution in [3.05, 3.63) is 10.8 Å². The van der Waals surface area contributed by atoms with E-state index in [0.29, 0.717) is 0 Å². The molecule has 0 saturated heterocycles. The number of nitrogens with zero attached hydrogens (tertiary/aromatic N) is 2. The van der Waals surface area contributed by atoms with Gasteiger partial charge in [0.25, 0.3) is 0 Å². The Morgan fingerprint density at radius 1 is 0.875 bits per heavy atom. The fourth-order valence-electron chi connectivity index (χ4n) is 0. The fraction of sp³-hybridized carbons (Fsp3) is 0. The van der Waals surface area contributed by atoms with Gasteiger partial charge in [-0.1, -0.05) is 24.4 Å². The van der Waals surface area contributed by atoms with E-state index in [0.717, 1.165) is 0 Å². The maximum atomic E-state index is 7.13. The van der Waals surface area contributed by atoms with E-state index >= 15 is 0 Å². The second-order valence-electron chi connectivity index (χ2n) is 0.183. The monoisotopic (exact) mass is 162 g/mol. The van der Waals surface area contributed by atoms with Gasteiger partial charge in [0.1, 0.15) is 0 Å². The zero-order valence-corrected chi connectivity index (χ0v) is 10.3. The van der Waals surface area contributed by atoms with Crippen molar-refractivity contribution in [1.29, 1.82) is 0 Å². The molecule has 0 fully saturated rings. The van der Waals surface area contributed by atoms with E-state index in [2.05, 4.69) is 24.4 Å². The molecule has 0 radical (unpaired) electrons. The molecule has 8 heavy (non-hydrogen) atoms. The summed E-state index contributed by atoms with van der Waals surface area (Å²) in [6.07, 6.45) is 0. The van der Waals surface area contributed by atoms with Crippen LogP contribution in [0.15, 0.2) is 0 Å². The Morgan fingerprint density at radius 2 is 0.875 bits per heavy atom. The molecule has 0 aromatic rings. The van der Waals surface area contributed by atoms with Gasteiger partial charge >= 0.3 is 59.1 Å². The molecule has 0 heterocycles. The van der Waals surface area contributed by atoms with E-state index in [4.69, 9.17) is 10.8 Å². The summed E-state index contributed by atoms with van der Waals surface area (Å²) in [5, 5.41) is 16.9. The van der Waals surface area contributed by atoms with Crippen LogP contribution in [0.3, 0.4) is 0 Å². The summed E-state index contributed by atoms with van der Waals surface area (Å²) in [5.74, 6) is 0. The number of thiocarbonyl (C=S) groups is 2. The first-order valence-corrected chi connectivity index (χ1v) is 1.67. The van der Waals surface area contributed by atoms with Crippen molar-refractivity contribution in [3.63, 3.8) is 0 Å². The van der Waals surface area contributed by atoms with E-state index in [9.17, 15) is 0 Å². The summed E-state index contributed by atoms with van der Waals surface area (Å²) in [6.45, 7) is 0. The van der Waals surface area contributed by atoms with Crippen LogP contribution in [0.25, 0.3) is 10.8 Å². The van der Waals surface area contributed by atoms with Crippen LogP contribution >= 0.6 is 24.4 Å². The van der Waals surface area contributed by atoms with Crippen LogP contribution in [0, 0.1) is 0 Å². The van der Waals surface area contributed by atoms with Gasteiger partial charge < -0.3 is 10.8 Å². The van der Waals surface area contributed by atoms with E-state index < -0.39 is 0 Å². The van der Waals surface area contributed by atoms with Crippen LogP contribution in [0.2, 0.25) is 0 Å². The second kappa shape index (κ2) is 38.3. The predicted octanol–water partition coefficient (Wildman–Crippen LogP) is -4.67. The zero-order valence-electron chi connectivity index (χ0n) is 4.71. The van der Waals surface area contributed by atoms with Crippen molar-refractivity contribution in [2.24, 2.45) is 0 Å². The average Bonchev–Trinajstić information content (AvgIpc) is 1.39. The Labute approximate surface area is 103 Å². The molecular formula is C2N2Na2S2. The SMILES string of the molecule is [N-]=C=S.[N-]=C=S.[Na+].[Na+]. The summed E-state index contributed by atoms with van der Waals surface area (Å²) in [7, 11) is 0.